The van der Waals surface area contributed by atoms with Crippen molar-refractivity contribution in [3.05, 3.63) is 26.4 Å². The molecule has 2 rings (SSSR count). The van der Waals surface area contributed by atoms with Gasteiger partial charge in [-0.3, -0.25) is 0 Å². The van der Waals surface area contributed by atoms with Crippen LogP contribution in [0.5, 0.6) is 0 Å². The van der Waals surface area contributed by atoms with Crippen molar-refractivity contribution < 1.29 is 0 Å². The second kappa shape index (κ2) is 4.14. The molecule has 0 N–H and O–H groups in total. The third kappa shape index (κ3) is 1.79. The SMILES string of the molecule is Cc1c(-c2ncncc2Br)ssc1=S. The molecule has 0 atom stereocenters. The highest BCUT2D eigenvalue weighted by Gasteiger charge is 2.10. The molecule has 0 radical (unpaired) electrons. The second-order valence-corrected chi connectivity index (χ2v) is 6.30. The van der Waals surface area contributed by atoms with Crippen LogP contribution in [0.15, 0.2) is 17.0 Å². The Balaban J connectivity index is 2.66. The van der Waals surface area contributed by atoms with E-state index in [4.69, 9.17) is 12.2 Å². The first-order chi connectivity index (χ1) is 6.70. The maximum Gasteiger partial charge on any atom is 0.116 e. The smallest absolute Gasteiger partial charge is 0.116 e. The van der Waals surface area contributed by atoms with Crippen LogP contribution in [0.2, 0.25) is 0 Å². The molecule has 0 aromatic carbocycles. The van der Waals surface area contributed by atoms with Crippen molar-refractivity contribution in [1.82, 2.24) is 9.97 Å². The molecule has 0 saturated heterocycles. The fourth-order valence-corrected chi connectivity index (χ4v) is 4.40. The zero-order valence-corrected chi connectivity index (χ0v) is 11.2. The molecule has 0 saturated carbocycles. The highest BCUT2D eigenvalue weighted by molar-refractivity contribution is 9.10. The van der Waals surface area contributed by atoms with E-state index >= 15 is 0 Å². The lowest BCUT2D eigenvalue weighted by molar-refractivity contribution is 1.16. The average molecular weight is 305 g/mol. The van der Waals surface area contributed by atoms with Gasteiger partial charge in [-0.2, -0.15) is 0 Å². The summed E-state index contributed by atoms with van der Waals surface area (Å²) in [4.78, 5) is 9.30. The van der Waals surface area contributed by atoms with E-state index in [1.165, 1.54) is 0 Å². The van der Waals surface area contributed by atoms with Crippen molar-refractivity contribution in [2.45, 2.75) is 6.92 Å². The molecule has 2 heterocycles. The molecule has 14 heavy (non-hydrogen) atoms. The molecular weight excluding hydrogens is 300 g/mol. The number of nitrogens with zero attached hydrogens (tertiary/aromatic N) is 2. The van der Waals surface area contributed by atoms with Crippen molar-refractivity contribution in [2.75, 3.05) is 0 Å². The molecule has 0 aliphatic rings. The first kappa shape index (κ1) is 10.4. The van der Waals surface area contributed by atoms with Crippen molar-refractivity contribution >= 4 is 48.8 Å². The molecule has 0 aliphatic heterocycles. The number of aromatic nitrogens is 2. The summed E-state index contributed by atoms with van der Waals surface area (Å²) >= 11 is 8.62. The largest absolute Gasteiger partial charge is 0.244 e. The zero-order chi connectivity index (χ0) is 10.1. The quantitative estimate of drug-likeness (QED) is 0.587. The van der Waals surface area contributed by atoms with E-state index in [1.54, 1.807) is 33.2 Å². The Kier molecular flexibility index (Phi) is 3.06. The van der Waals surface area contributed by atoms with Crippen LogP contribution in [0.1, 0.15) is 5.56 Å². The van der Waals surface area contributed by atoms with Gasteiger partial charge in [-0.1, -0.05) is 32.9 Å². The molecule has 6 heteroatoms. The summed E-state index contributed by atoms with van der Waals surface area (Å²) in [6.07, 6.45) is 3.29. The van der Waals surface area contributed by atoms with E-state index in [0.717, 1.165) is 24.4 Å². The second-order valence-electron chi connectivity index (χ2n) is 2.63. The maximum absolute atomic E-state index is 5.19. The van der Waals surface area contributed by atoms with Gasteiger partial charge in [0.05, 0.1) is 15.0 Å². The highest BCUT2D eigenvalue weighted by atomic mass is 79.9. The van der Waals surface area contributed by atoms with E-state index in [1.807, 2.05) is 6.92 Å². The Morgan fingerprint density at radius 1 is 1.43 bits per heavy atom. The fourth-order valence-electron chi connectivity index (χ4n) is 0.994. The number of halogens is 1. The summed E-state index contributed by atoms with van der Waals surface area (Å²) in [6, 6.07) is 0. The van der Waals surface area contributed by atoms with Gasteiger partial charge < -0.3 is 0 Å². The predicted molar refractivity (Wildman–Crippen MR) is 66.5 cm³/mol. The van der Waals surface area contributed by atoms with Crippen LogP contribution < -0.4 is 0 Å². The average Bonchev–Trinajstić information content (AvgIpc) is 2.49. The highest BCUT2D eigenvalue weighted by Crippen LogP contribution is 2.35. The summed E-state index contributed by atoms with van der Waals surface area (Å²) < 4.78 is 1.85. The molecule has 0 unspecified atom stereocenters. The first-order valence-electron chi connectivity index (χ1n) is 3.75. The zero-order valence-electron chi connectivity index (χ0n) is 7.15. The van der Waals surface area contributed by atoms with Crippen molar-refractivity contribution in [3.63, 3.8) is 0 Å². The van der Waals surface area contributed by atoms with E-state index in [0.29, 0.717) is 0 Å². The Morgan fingerprint density at radius 2 is 2.21 bits per heavy atom. The van der Waals surface area contributed by atoms with Crippen LogP contribution in [-0.4, -0.2) is 9.97 Å². The Hall–Kier alpha value is -0.170. The molecule has 0 aliphatic carbocycles. The molecule has 0 bridgehead atoms. The molecule has 2 nitrogen and oxygen atoms in total. The lowest BCUT2D eigenvalue weighted by Gasteiger charge is -1.99. The van der Waals surface area contributed by atoms with E-state index in [2.05, 4.69) is 25.9 Å². The molecular formula is C8H5BrN2S3. The van der Waals surface area contributed by atoms with Crippen molar-refractivity contribution in [1.29, 1.82) is 0 Å². The molecule has 0 spiro atoms. The van der Waals surface area contributed by atoms with Gasteiger partial charge in [0.25, 0.3) is 0 Å². The minimum absolute atomic E-state index is 0.909. The monoisotopic (exact) mass is 304 g/mol. The predicted octanol–water partition coefficient (Wildman–Crippen LogP) is 4.07. The van der Waals surface area contributed by atoms with Gasteiger partial charge in [-0.05, 0) is 28.4 Å². The summed E-state index contributed by atoms with van der Waals surface area (Å²) in [5.74, 6) is 0. The number of hydrogen-bond donors (Lipinski definition) is 0. The lowest BCUT2D eigenvalue weighted by Crippen LogP contribution is -1.85. The minimum Gasteiger partial charge on any atom is -0.244 e. The van der Waals surface area contributed by atoms with Gasteiger partial charge in [-0.15, -0.1) is 0 Å². The minimum atomic E-state index is 0.909. The van der Waals surface area contributed by atoms with Crippen LogP contribution >= 0.6 is 48.8 Å². The Bertz CT molecular complexity index is 517. The normalized spacial score (nSPS) is 10.4. The van der Waals surface area contributed by atoms with Crippen LogP contribution in [0.25, 0.3) is 10.6 Å². The molecule has 2 aromatic rings. The van der Waals surface area contributed by atoms with Crippen LogP contribution in [0.4, 0.5) is 0 Å². The van der Waals surface area contributed by atoms with E-state index < -0.39 is 0 Å². The van der Waals surface area contributed by atoms with Crippen molar-refractivity contribution in [3.8, 4) is 10.6 Å². The van der Waals surface area contributed by atoms with Crippen LogP contribution in [0.3, 0.4) is 0 Å². The molecule has 0 amide bonds. The standard InChI is InChI=1S/C8H5BrN2S3/c1-4-7(13-14-8(4)12)6-5(9)2-10-3-11-6/h2-3H,1H3. The third-order valence-corrected chi connectivity index (χ3v) is 5.64. The van der Waals surface area contributed by atoms with Gasteiger partial charge in [0.2, 0.25) is 0 Å². The van der Waals surface area contributed by atoms with Gasteiger partial charge >= 0.3 is 0 Å². The summed E-state index contributed by atoms with van der Waals surface area (Å²) in [5.41, 5.74) is 2.06. The molecule has 72 valence electrons. The van der Waals surface area contributed by atoms with E-state index in [-0.39, 0.29) is 0 Å². The Labute approximate surface area is 102 Å². The fraction of sp³-hybridized carbons (Fsp3) is 0.125. The summed E-state index contributed by atoms with van der Waals surface area (Å²) in [7, 11) is 3.27. The van der Waals surface area contributed by atoms with Gasteiger partial charge in [0.15, 0.2) is 0 Å². The van der Waals surface area contributed by atoms with Gasteiger partial charge in [0, 0.05) is 6.20 Å². The van der Waals surface area contributed by atoms with Crippen LogP contribution in [0, 0.1) is 10.7 Å². The topological polar surface area (TPSA) is 25.8 Å². The Morgan fingerprint density at radius 3 is 2.79 bits per heavy atom. The summed E-state index contributed by atoms with van der Waals surface area (Å²) in [6.45, 7) is 2.03. The van der Waals surface area contributed by atoms with Gasteiger partial charge in [0.1, 0.15) is 10.2 Å². The number of hydrogen-bond acceptors (Lipinski definition) is 5. The maximum atomic E-state index is 5.19. The third-order valence-electron chi connectivity index (χ3n) is 1.73. The van der Waals surface area contributed by atoms with E-state index in [9.17, 15) is 0 Å². The van der Waals surface area contributed by atoms with Crippen LogP contribution in [-0.2, 0) is 0 Å². The first-order valence-corrected chi connectivity index (χ1v) is 7.11. The van der Waals surface area contributed by atoms with Gasteiger partial charge in [-0.25, -0.2) is 9.97 Å². The lowest BCUT2D eigenvalue weighted by atomic mass is 10.2. The molecule has 2 aromatic heterocycles. The summed E-state index contributed by atoms with van der Waals surface area (Å²) in [5, 5.41) is 0. The molecule has 0 fully saturated rings. The van der Waals surface area contributed by atoms with Crippen molar-refractivity contribution in [2.24, 2.45) is 0 Å². The number of rotatable bonds is 1.